The number of nitrogens with zero attached hydrogens (tertiary/aromatic N) is 2. The van der Waals surface area contributed by atoms with Crippen molar-refractivity contribution in [2.45, 2.75) is 64.1 Å². The molecule has 214 valence electrons. The van der Waals surface area contributed by atoms with Crippen molar-refractivity contribution in [3.63, 3.8) is 0 Å². The zero-order chi connectivity index (χ0) is 29.7. The van der Waals surface area contributed by atoms with E-state index in [1.54, 1.807) is 67.6 Å². The summed E-state index contributed by atoms with van der Waals surface area (Å²) in [6.45, 7) is 8.71. The summed E-state index contributed by atoms with van der Waals surface area (Å²) >= 11 is 12.5. The lowest BCUT2D eigenvalue weighted by Crippen LogP contribution is -2.55. The van der Waals surface area contributed by atoms with E-state index >= 15 is 0 Å². The van der Waals surface area contributed by atoms with Crippen LogP contribution in [0, 0.1) is 6.92 Å². The Morgan fingerprint density at radius 3 is 2.12 bits per heavy atom. The highest BCUT2D eigenvalue weighted by Crippen LogP contribution is 2.27. The smallest absolute Gasteiger partial charge is 0.264 e. The first-order valence-corrected chi connectivity index (χ1v) is 15.1. The monoisotopic (exact) mass is 603 g/mol. The maximum atomic E-state index is 14.1. The summed E-state index contributed by atoms with van der Waals surface area (Å²) in [7, 11) is -4.12. The highest BCUT2D eigenvalue weighted by Gasteiger charge is 2.34. The molecule has 1 atom stereocenters. The molecular formula is C30H35Cl2N3O4S. The van der Waals surface area contributed by atoms with Gasteiger partial charge in [-0.1, -0.05) is 72.1 Å². The molecule has 0 saturated heterocycles. The van der Waals surface area contributed by atoms with Crippen LogP contribution in [0.1, 0.15) is 45.2 Å². The first-order chi connectivity index (χ1) is 18.7. The molecule has 0 spiro atoms. The zero-order valence-electron chi connectivity index (χ0n) is 23.3. The van der Waals surface area contributed by atoms with Crippen LogP contribution in [0.15, 0.2) is 77.7 Å². The fraction of sp³-hybridized carbons (Fsp3) is 0.333. The molecule has 0 radical (unpaired) electrons. The molecule has 7 nitrogen and oxygen atoms in total. The Morgan fingerprint density at radius 2 is 1.57 bits per heavy atom. The molecule has 0 fully saturated rings. The SMILES string of the molecule is CC[C@@H](C(=O)NC(C)(C)C)N(Cc1ccc(Cl)cc1Cl)C(=O)CN(c1ccc(C)cc1)S(=O)(=O)c1ccccc1. The van der Waals surface area contributed by atoms with Crippen LogP contribution in [0.25, 0.3) is 0 Å². The summed E-state index contributed by atoms with van der Waals surface area (Å²) in [6.07, 6.45) is 0.300. The lowest BCUT2D eigenvalue weighted by molar-refractivity contribution is -0.141. The number of amides is 2. The molecule has 0 aromatic heterocycles. The molecule has 2 amide bonds. The van der Waals surface area contributed by atoms with Gasteiger partial charge in [0.1, 0.15) is 12.6 Å². The van der Waals surface area contributed by atoms with Crippen molar-refractivity contribution in [1.29, 1.82) is 0 Å². The summed E-state index contributed by atoms with van der Waals surface area (Å²) in [4.78, 5) is 28.9. The van der Waals surface area contributed by atoms with E-state index in [4.69, 9.17) is 23.2 Å². The summed E-state index contributed by atoms with van der Waals surface area (Å²) in [5.74, 6) is -0.900. The van der Waals surface area contributed by atoms with Crippen molar-refractivity contribution < 1.29 is 18.0 Å². The molecule has 0 saturated carbocycles. The van der Waals surface area contributed by atoms with Crippen LogP contribution in [0.3, 0.4) is 0 Å². The molecule has 3 rings (SSSR count). The molecule has 0 aliphatic rings. The van der Waals surface area contributed by atoms with E-state index < -0.39 is 34.1 Å². The van der Waals surface area contributed by atoms with E-state index in [2.05, 4.69) is 5.32 Å². The van der Waals surface area contributed by atoms with Gasteiger partial charge in [0.25, 0.3) is 10.0 Å². The van der Waals surface area contributed by atoms with E-state index in [1.165, 1.54) is 17.0 Å². The summed E-state index contributed by atoms with van der Waals surface area (Å²) in [5, 5.41) is 3.71. The van der Waals surface area contributed by atoms with Crippen molar-refractivity contribution in [3.05, 3.63) is 94.0 Å². The Balaban J connectivity index is 2.08. The number of sulfonamides is 1. The Morgan fingerprint density at radius 1 is 0.950 bits per heavy atom. The predicted octanol–water partition coefficient (Wildman–Crippen LogP) is 6.22. The Kier molecular flexibility index (Phi) is 10.3. The average molecular weight is 605 g/mol. The number of carbonyl (C=O) groups is 2. The first kappa shape index (κ1) is 31.5. The molecule has 40 heavy (non-hydrogen) atoms. The molecule has 10 heteroatoms. The normalized spacial score (nSPS) is 12.5. The van der Waals surface area contributed by atoms with Crippen molar-refractivity contribution in [2.24, 2.45) is 0 Å². The number of aryl methyl sites for hydroxylation is 1. The molecule has 0 aliphatic heterocycles. The van der Waals surface area contributed by atoms with Gasteiger partial charge >= 0.3 is 0 Å². The van der Waals surface area contributed by atoms with Crippen LogP contribution in [0.2, 0.25) is 10.0 Å². The third kappa shape index (κ3) is 7.99. The number of anilines is 1. The number of carbonyl (C=O) groups excluding carboxylic acids is 2. The Hall–Kier alpha value is -3.07. The predicted molar refractivity (Wildman–Crippen MR) is 161 cm³/mol. The molecule has 0 heterocycles. The van der Waals surface area contributed by atoms with Crippen LogP contribution in [0.4, 0.5) is 5.69 Å². The number of nitrogens with one attached hydrogen (secondary N) is 1. The van der Waals surface area contributed by atoms with Crippen molar-refractivity contribution in [1.82, 2.24) is 10.2 Å². The van der Waals surface area contributed by atoms with Gasteiger partial charge in [0.15, 0.2) is 0 Å². The zero-order valence-corrected chi connectivity index (χ0v) is 25.6. The minimum absolute atomic E-state index is 0.0158. The number of benzene rings is 3. The van der Waals surface area contributed by atoms with Crippen LogP contribution in [-0.4, -0.2) is 43.3 Å². The summed E-state index contributed by atoms with van der Waals surface area (Å²) in [5.41, 5.74) is 1.31. The molecule has 0 unspecified atom stereocenters. The largest absolute Gasteiger partial charge is 0.350 e. The topological polar surface area (TPSA) is 86.8 Å². The standard InChI is InChI=1S/C30H35Cl2N3O4S/c1-6-27(29(37)33-30(3,4)5)34(19-22-14-15-23(31)18-26(22)32)28(36)20-35(24-16-12-21(2)13-17-24)40(38,39)25-10-8-7-9-11-25/h7-18,27H,6,19-20H2,1-5H3,(H,33,37)/t27-/m0/s1. The van der Waals surface area contributed by atoms with Crippen molar-refractivity contribution in [2.75, 3.05) is 10.8 Å². The van der Waals surface area contributed by atoms with Crippen LogP contribution in [0.5, 0.6) is 0 Å². The maximum Gasteiger partial charge on any atom is 0.264 e. The lowest BCUT2D eigenvalue weighted by atomic mass is 10.1. The highest BCUT2D eigenvalue weighted by molar-refractivity contribution is 7.92. The van der Waals surface area contributed by atoms with E-state index in [1.807, 2.05) is 27.7 Å². The Bertz CT molecular complexity index is 1440. The van der Waals surface area contributed by atoms with Crippen molar-refractivity contribution >= 4 is 50.7 Å². The minimum Gasteiger partial charge on any atom is -0.350 e. The molecular weight excluding hydrogens is 569 g/mol. The average Bonchev–Trinajstić information content (AvgIpc) is 2.88. The van der Waals surface area contributed by atoms with E-state index in [9.17, 15) is 18.0 Å². The molecule has 0 aliphatic carbocycles. The lowest BCUT2D eigenvalue weighted by Gasteiger charge is -2.35. The highest BCUT2D eigenvalue weighted by atomic mass is 35.5. The third-order valence-corrected chi connectivity index (χ3v) is 8.55. The fourth-order valence-electron chi connectivity index (χ4n) is 4.17. The van der Waals surface area contributed by atoms with Crippen LogP contribution in [-0.2, 0) is 26.2 Å². The second kappa shape index (κ2) is 13.1. The van der Waals surface area contributed by atoms with Gasteiger partial charge in [-0.3, -0.25) is 13.9 Å². The van der Waals surface area contributed by atoms with E-state index in [0.717, 1.165) is 9.87 Å². The first-order valence-electron chi connectivity index (χ1n) is 12.9. The second-order valence-corrected chi connectivity index (χ2v) is 13.3. The van der Waals surface area contributed by atoms with Gasteiger partial charge in [-0.15, -0.1) is 0 Å². The number of hydrogen-bond acceptors (Lipinski definition) is 4. The van der Waals surface area contributed by atoms with Gasteiger partial charge in [0.2, 0.25) is 11.8 Å². The van der Waals surface area contributed by atoms with Gasteiger partial charge in [-0.25, -0.2) is 8.42 Å². The molecule has 3 aromatic carbocycles. The summed E-state index contributed by atoms with van der Waals surface area (Å²) < 4.78 is 28.7. The van der Waals surface area contributed by atoms with Gasteiger partial charge in [-0.05, 0) is 76.1 Å². The van der Waals surface area contributed by atoms with Crippen molar-refractivity contribution in [3.8, 4) is 0 Å². The van der Waals surface area contributed by atoms with Crippen LogP contribution >= 0.6 is 23.2 Å². The summed E-state index contributed by atoms with van der Waals surface area (Å²) in [6, 6.07) is 18.9. The molecule has 1 N–H and O–H groups in total. The van der Waals surface area contributed by atoms with Crippen LogP contribution < -0.4 is 9.62 Å². The third-order valence-electron chi connectivity index (χ3n) is 6.17. The van der Waals surface area contributed by atoms with Gasteiger partial charge in [-0.2, -0.15) is 0 Å². The second-order valence-electron chi connectivity index (χ2n) is 10.6. The van der Waals surface area contributed by atoms with Gasteiger partial charge < -0.3 is 10.2 Å². The van der Waals surface area contributed by atoms with Gasteiger partial charge in [0, 0.05) is 22.1 Å². The quantitative estimate of drug-likeness (QED) is 0.298. The van der Waals surface area contributed by atoms with Gasteiger partial charge in [0.05, 0.1) is 10.6 Å². The van der Waals surface area contributed by atoms with E-state index in [0.29, 0.717) is 27.7 Å². The molecule has 3 aromatic rings. The number of halogens is 2. The Labute approximate surface area is 247 Å². The fourth-order valence-corrected chi connectivity index (χ4v) is 6.07. The maximum absolute atomic E-state index is 14.1. The molecule has 0 bridgehead atoms. The van der Waals surface area contributed by atoms with E-state index in [-0.39, 0.29) is 17.3 Å². The minimum atomic E-state index is -4.12. The number of rotatable bonds is 10. The number of hydrogen-bond donors (Lipinski definition) is 1.